The molecule has 0 aliphatic carbocycles. The molecule has 0 bridgehead atoms. The molecule has 1 rings (SSSR count). The first-order chi connectivity index (χ1) is 8.48. The van der Waals surface area contributed by atoms with Gasteiger partial charge in [0.15, 0.2) is 0 Å². The van der Waals surface area contributed by atoms with Gasteiger partial charge in [0.2, 0.25) is 0 Å². The van der Waals surface area contributed by atoms with E-state index < -0.39 is 5.60 Å². The Morgan fingerprint density at radius 1 is 1.28 bits per heavy atom. The fourth-order valence-electron chi connectivity index (χ4n) is 2.30. The number of rotatable bonds is 7. The Morgan fingerprint density at radius 3 is 2.61 bits per heavy atom. The van der Waals surface area contributed by atoms with Crippen molar-refractivity contribution in [3.8, 4) is 5.75 Å². The SMILES string of the molecule is CCCCCC(C)(O)Cc1cc(C)ccc1OC. The van der Waals surface area contributed by atoms with E-state index in [0.717, 1.165) is 24.2 Å². The van der Waals surface area contributed by atoms with Crippen molar-refractivity contribution in [2.45, 2.75) is 58.5 Å². The van der Waals surface area contributed by atoms with Gasteiger partial charge >= 0.3 is 0 Å². The Hall–Kier alpha value is -1.02. The molecule has 0 amide bonds. The second-order valence-corrected chi connectivity index (χ2v) is 5.45. The summed E-state index contributed by atoms with van der Waals surface area (Å²) in [6.07, 6.45) is 4.95. The molecule has 1 aromatic carbocycles. The second kappa shape index (κ2) is 6.79. The molecular weight excluding hydrogens is 224 g/mol. The van der Waals surface area contributed by atoms with Crippen LogP contribution in [0.4, 0.5) is 0 Å². The van der Waals surface area contributed by atoms with E-state index in [0.29, 0.717) is 6.42 Å². The van der Waals surface area contributed by atoms with Gasteiger partial charge in [-0.05, 0) is 31.9 Å². The minimum atomic E-state index is -0.643. The lowest BCUT2D eigenvalue weighted by molar-refractivity contribution is 0.0480. The first-order valence-electron chi connectivity index (χ1n) is 6.84. The minimum Gasteiger partial charge on any atom is -0.496 e. The number of methoxy groups -OCH3 is 1. The molecule has 1 aromatic rings. The molecule has 0 aliphatic rings. The number of aryl methyl sites for hydroxylation is 1. The number of aliphatic hydroxyl groups is 1. The van der Waals surface area contributed by atoms with Gasteiger partial charge in [0.1, 0.15) is 5.75 Å². The maximum Gasteiger partial charge on any atom is 0.122 e. The molecule has 1 N–H and O–H groups in total. The smallest absolute Gasteiger partial charge is 0.122 e. The summed E-state index contributed by atoms with van der Waals surface area (Å²) in [6.45, 7) is 6.16. The van der Waals surface area contributed by atoms with Crippen LogP contribution in [0.25, 0.3) is 0 Å². The lowest BCUT2D eigenvalue weighted by atomic mass is 9.90. The van der Waals surface area contributed by atoms with Gasteiger partial charge in [-0.25, -0.2) is 0 Å². The van der Waals surface area contributed by atoms with Crippen LogP contribution in [0.2, 0.25) is 0 Å². The van der Waals surface area contributed by atoms with Gasteiger partial charge in [-0.15, -0.1) is 0 Å². The van der Waals surface area contributed by atoms with Crippen molar-refractivity contribution >= 4 is 0 Å². The molecule has 1 atom stereocenters. The molecule has 0 fully saturated rings. The highest BCUT2D eigenvalue weighted by atomic mass is 16.5. The van der Waals surface area contributed by atoms with Crippen LogP contribution >= 0.6 is 0 Å². The van der Waals surface area contributed by atoms with Crippen molar-refractivity contribution < 1.29 is 9.84 Å². The topological polar surface area (TPSA) is 29.5 Å². The lowest BCUT2D eigenvalue weighted by Crippen LogP contribution is -2.27. The number of unbranched alkanes of at least 4 members (excludes halogenated alkanes) is 2. The summed E-state index contributed by atoms with van der Waals surface area (Å²) in [5.74, 6) is 0.872. The van der Waals surface area contributed by atoms with E-state index in [4.69, 9.17) is 4.74 Å². The van der Waals surface area contributed by atoms with Crippen LogP contribution in [-0.4, -0.2) is 17.8 Å². The van der Waals surface area contributed by atoms with E-state index >= 15 is 0 Å². The molecule has 0 spiro atoms. The Morgan fingerprint density at radius 2 is 2.00 bits per heavy atom. The van der Waals surface area contributed by atoms with E-state index in [1.807, 2.05) is 19.1 Å². The highest BCUT2D eigenvalue weighted by Crippen LogP contribution is 2.27. The van der Waals surface area contributed by atoms with Crippen LogP contribution in [0.1, 0.15) is 50.7 Å². The van der Waals surface area contributed by atoms with Crippen LogP contribution < -0.4 is 4.74 Å². The third-order valence-corrected chi connectivity index (χ3v) is 3.33. The second-order valence-electron chi connectivity index (χ2n) is 5.45. The van der Waals surface area contributed by atoms with Crippen molar-refractivity contribution in [2.24, 2.45) is 0 Å². The fraction of sp³-hybridized carbons (Fsp3) is 0.625. The minimum absolute atomic E-state index is 0.643. The normalized spacial score (nSPS) is 14.3. The zero-order valence-electron chi connectivity index (χ0n) is 12.1. The Balaban J connectivity index is 2.72. The Bertz CT molecular complexity index is 369. The summed E-state index contributed by atoms with van der Waals surface area (Å²) in [4.78, 5) is 0. The molecule has 0 radical (unpaired) electrons. The number of hydrogen-bond acceptors (Lipinski definition) is 2. The maximum absolute atomic E-state index is 10.4. The zero-order valence-corrected chi connectivity index (χ0v) is 12.1. The average Bonchev–Trinajstić information content (AvgIpc) is 2.29. The summed E-state index contributed by atoms with van der Waals surface area (Å²) < 4.78 is 5.36. The molecule has 0 aromatic heterocycles. The molecule has 18 heavy (non-hydrogen) atoms. The first kappa shape index (κ1) is 15.0. The van der Waals surface area contributed by atoms with Crippen molar-refractivity contribution in [2.75, 3.05) is 7.11 Å². The summed E-state index contributed by atoms with van der Waals surface area (Å²) in [6, 6.07) is 6.12. The molecule has 0 saturated carbocycles. The van der Waals surface area contributed by atoms with E-state index in [1.54, 1.807) is 7.11 Å². The van der Waals surface area contributed by atoms with Gasteiger partial charge in [0.05, 0.1) is 12.7 Å². The quantitative estimate of drug-likeness (QED) is 0.744. The van der Waals surface area contributed by atoms with Crippen molar-refractivity contribution in [3.05, 3.63) is 29.3 Å². The van der Waals surface area contributed by atoms with Crippen LogP contribution in [0, 0.1) is 6.92 Å². The predicted molar refractivity (Wildman–Crippen MR) is 76.2 cm³/mol. The number of hydrogen-bond donors (Lipinski definition) is 1. The largest absolute Gasteiger partial charge is 0.496 e. The Labute approximate surface area is 111 Å². The summed E-state index contributed by atoms with van der Waals surface area (Å²) >= 11 is 0. The third kappa shape index (κ3) is 4.69. The van der Waals surface area contributed by atoms with Gasteiger partial charge in [-0.1, -0.05) is 43.9 Å². The highest BCUT2D eigenvalue weighted by molar-refractivity contribution is 5.37. The predicted octanol–water partition coefficient (Wildman–Crippen LogP) is 3.88. The molecule has 2 nitrogen and oxygen atoms in total. The monoisotopic (exact) mass is 250 g/mol. The van der Waals surface area contributed by atoms with Crippen LogP contribution in [-0.2, 0) is 6.42 Å². The van der Waals surface area contributed by atoms with Gasteiger partial charge in [-0.3, -0.25) is 0 Å². The molecule has 0 heterocycles. The molecule has 0 aliphatic heterocycles. The standard InChI is InChI=1S/C16H26O2/c1-5-6-7-10-16(3,17)12-14-11-13(2)8-9-15(14)18-4/h8-9,11,17H,5-7,10,12H2,1-4H3. The zero-order chi connectivity index (χ0) is 13.6. The first-order valence-corrected chi connectivity index (χ1v) is 6.84. The molecule has 0 saturated heterocycles. The van der Waals surface area contributed by atoms with Crippen molar-refractivity contribution in [1.82, 2.24) is 0 Å². The molecule has 1 unspecified atom stereocenters. The summed E-state index contributed by atoms with van der Waals surface area (Å²) in [7, 11) is 1.68. The van der Waals surface area contributed by atoms with E-state index in [2.05, 4.69) is 19.9 Å². The van der Waals surface area contributed by atoms with E-state index in [-0.39, 0.29) is 0 Å². The third-order valence-electron chi connectivity index (χ3n) is 3.33. The van der Waals surface area contributed by atoms with Gasteiger partial charge in [0.25, 0.3) is 0 Å². The van der Waals surface area contributed by atoms with Crippen molar-refractivity contribution in [1.29, 1.82) is 0 Å². The maximum atomic E-state index is 10.4. The molecular formula is C16H26O2. The highest BCUT2D eigenvalue weighted by Gasteiger charge is 2.22. The van der Waals surface area contributed by atoms with Crippen molar-refractivity contribution in [3.63, 3.8) is 0 Å². The van der Waals surface area contributed by atoms with Gasteiger partial charge in [0, 0.05) is 6.42 Å². The van der Waals surface area contributed by atoms with Crippen LogP contribution in [0.15, 0.2) is 18.2 Å². The van der Waals surface area contributed by atoms with E-state index in [1.165, 1.54) is 18.4 Å². The van der Waals surface area contributed by atoms with Crippen LogP contribution in [0.3, 0.4) is 0 Å². The van der Waals surface area contributed by atoms with E-state index in [9.17, 15) is 5.11 Å². The van der Waals surface area contributed by atoms with Crippen LogP contribution in [0.5, 0.6) is 5.75 Å². The lowest BCUT2D eigenvalue weighted by Gasteiger charge is -2.24. The number of benzene rings is 1. The Kier molecular flexibility index (Phi) is 5.67. The molecule has 102 valence electrons. The van der Waals surface area contributed by atoms with Gasteiger partial charge in [-0.2, -0.15) is 0 Å². The molecule has 2 heteroatoms. The fourth-order valence-corrected chi connectivity index (χ4v) is 2.30. The van der Waals surface area contributed by atoms with Gasteiger partial charge < -0.3 is 9.84 Å². The summed E-state index contributed by atoms with van der Waals surface area (Å²) in [5, 5.41) is 10.4. The number of ether oxygens (including phenoxy) is 1. The summed E-state index contributed by atoms with van der Waals surface area (Å²) in [5.41, 5.74) is 1.66. The average molecular weight is 250 g/mol.